The molecule has 1 fully saturated rings. The minimum Gasteiger partial charge on any atom is -0.460 e. The maximum absolute atomic E-state index is 12.0. The highest BCUT2D eigenvalue weighted by Crippen LogP contribution is 2.30. The van der Waals surface area contributed by atoms with Crippen LogP contribution in [0.25, 0.3) is 17.1 Å². The number of anilines is 1. The van der Waals surface area contributed by atoms with E-state index in [1.165, 1.54) is 5.56 Å². The van der Waals surface area contributed by atoms with Crippen molar-refractivity contribution in [2.45, 2.75) is 19.8 Å². The maximum Gasteiger partial charge on any atom is 0.336 e. The first-order valence-corrected chi connectivity index (χ1v) is 9.71. The van der Waals surface area contributed by atoms with Gasteiger partial charge in [0.25, 0.3) is 0 Å². The van der Waals surface area contributed by atoms with E-state index >= 15 is 0 Å². The molecule has 0 atom stereocenters. The SMILES string of the molecule is COCCOc1nc(-c2ccc(C)cc2)n(-c2ccc(NC(=O)C3CC3)cc2)n1. The Labute approximate surface area is 169 Å². The topological polar surface area (TPSA) is 78.3 Å². The van der Waals surface area contributed by atoms with E-state index in [1.807, 2.05) is 55.5 Å². The number of nitrogens with zero attached hydrogens (tertiary/aromatic N) is 3. The fourth-order valence-electron chi connectivity index (χ4n) is 2.92. The highest BCUT2D eigenvalue weighted by atomic mass is 16.5. The van der Waals surface area contributed by atoms with Crippen molar-refractivity contribution in [1.82, 2.24) is 14.8 Å². The molecule has 1 heterocycles. The first-order chi connectivity index (χ1) is 14.1. The summed E-state index contributed by atoms with van der Waals surface area (Å²) in [5, 5.41) is 7.47. The third-order valence-corrected chi connectivity index (χ3v) is 4.74. The summed E-state index contributed by atoms with van der Waals surface area (Å²) in [7, 11) is 1.62. The number of rotatable bonds is 8. The normalized spacial score (nSPS) is 13.3. The largest absolute Gasteiger partial charge is 0.460 e. The second-order valence-electron chi connectivity index (χ2n) is 7.15. The molecule has 7 heteroatoms. The number of aromatic nitrogens is 3. The van der Waals surface area contributed by atoms with Gasteiger partial charge in [0.1, 0.15) is 6.61 Å². The van der Waals surface area contributed by atoms with Crippen molar-refractivity contribution in [2.75, 3.05) is 25.6 Å². The van der Waals surface area contributed by atoms with Crippen LogP contribution in [0.3, 0.4) is 0 Å². The van der Waals surface area contributed by atoms with Gasteiger partial charge in [0.05, 0.1) is 12.3 Å². The van der Waals surface area contributed by atoms with E-state index in [9.17, 15) is 4.79 Å². The number of nitrogens with one attached hydrogen (secondary N) is 1. The molecule has 0 aliphatic heterocycles. The van der Waals surface area contributed by atoms with Crippen LogP contribution >= 0.6 is 0 Å². The van der Waals surface area contributed by atoms with Gasteiger partial charge in [0.2, 0.25) is 5.91 Å². The minimum absolute atomic E-state index is 0.0904. The van der Waals surface area contributed by atoms with E-state index in [0.29, 0.717) is 25.0 Å². The summed E-state index contributed by atoms with van der Waals surface area (Å²) >= 11 is 0. The Bertz CT molecular complexity index is 976. The van der Waals surface area contributed by atoms with Crippen LogP contribution in [0.15, 0.2) is 48.5 Å². The summed E-state index contributed by atoms with van der Waals surface area (Å²) in [6, 6.07) is 16.0. The zero-order valence-corrected chi connectivity index (χ0v) is 16.6. The third-order valence-electron chi connectivity index (χ3n) is 4.74. The van der Waals surface area contributed by atoms with E-state index in [1.54, 1.807) is 11.8 Å². The monoisotopic (exact) mass is 392 g/mol. The van der Waals surface area contributed by atoms with Crippen LogP contribution < -0.4 is 10.1 Å². The molecule has 3 aromatic rings. The number of hydrogen-bond donors (Lipinski definition) is 1. The molecule has 0 bridgehead atoms. The highest BCUT2D eigenvalue weighted by Gasteiger charge is 2.29. The summed E-state index contributed by atoms with van der Waals surface area (Å²) < 4.78 is 12.4. The van der Waals surface area contributed by atoms with Crippen molar-refractivity contribution in [1.29, 1.82) is 0 Å². The molecule has 29 heavy (non-hydrogen) atoms. The Kier molecular flexibility index (Phi) is 5.57. The second-order valence-corrected chi connectivity index (χ2v) is 7.15. The van der Waals surface area contributed by atoms with E-state index in [4.69, 9.17) is 9.47 Å². The molecule has 1 aliphatic carbocycles. The number of carbonyl (C=O) groups excluding carboxylic acids is 1. The molecular formula is C22H24N4O3. The molecule has 0 radical (unpaired) electrons. The van der Waals surface area contributed by atoms with E-state index in [2.05, 4.69) is 15.4 Å². The van der Waals surface area contributed by atoms with Gasteiger partial charge >= 0.3 is 6.01 Å². The Hall–Kier alpha value is -3.19. The zero-order valence-electron chi connectivity index (χ0n) is 16.6. The maximum atomic E-state index is 12.0. The van der Waals surface area contributed by atoms with Crippen LogP contribution in [0.5, 0.6) is 6.01 Å². The van der Waals surface area contributed by atoms with Crippen LogP contribution in [-0.4, -0.2) is 41.0 Å². The molecule has 0 spiro atoms. The van der Waals surface area contributed by atoms with Gasteiger partial charge in [0.15, 0.2) is 5.82 Å². The number of ether oxygens (including phenoxy) is 2. The van der Waals surface area contributed by atoms with Crippen molar-refractivity contribution < 1.29 is 14.3 Å². The Balaban J connectivity index is 1.61. The minimum atomic E-state index is 0.0904. The molecule has 1 saturated carbocycles. The molecule has 1 amide bonds. The lowest BCUT2D eigenvalue weighted by Crippen LogP contribution is -2.13. The molecule has 7 nitrogen and oxygen atoms in total. The van der Waals surface area contributed by atoms with Crippen LogP contribution in [0.1, 0.15) is 18.4 Å². The van der Waals surface area contributed by atoms with Gasteiger partial charge in [-0.05, 0) is 44.0 Å². The van der Waals surface area contributed by atoms with Gasteiger partial charge in [-0.1, -0.05) is 29.8 Å². The Morgan fingerprint density at radius 1 is 1.10 bits per heavy atom. The van der Waals surface area contributed by atoms with Crippen LogP contribution in [0.2, 0.25) is 0 Å². The fourth-order valence-corrected chi connectivity index (χ4v) is 2.92. The molecule has 4 rings (SSSR count). The first-order valence-electron chi connectivity index (χ1n) is 9.71. The summed E-state index contributed by atoms with van der Waals surface area (Å²) in [4.78, 5) is 16.5. The van der Waals surface area contributed by atoms with Crippen molar-refractivity contribution in [3.05, 3.63) is 54.1 Å². The Morgan fingerprint density at radius 3 is 2.48 bits per heavy atom. The lowest BCUT2D eigenvalue weighted by molar-refractivity contribution is -0.117. The van der Waals surface area contributed by atoms with E-state index in [-0.39, 0.29) is 11.8 Å². The number of benzene rings is 2. The lowest BCUT2D eigenvalue weighted by atomic mass is 10.1. The van der Waals surface area contributed by atoms with Crippen LogP contribution in [0.4, 0.5) is 5.69 Å². The average Bonchev–Trinajstić information content (AvgIpc) is 3.50. The molecular weight excluding hydrogens is 368 g/mol. The fraction of sp³-hybridized carbons (Fsp3) is 0.318. The summed E-state index contributed by atoms with van der Waals surface area (Å²) in [5.41, 5.74) is 3.72. The van der Waals surface area contributed by atoms with E-state index < -0.39 is 0 Å². The van der Waals surface area contributed by atoms with E-state index in [0.717, 1.165) is 29.8 Å². The second kappa shape index (κ2) is 8.45. The number of aryl methyl sites for hydroxylation is 1. The summed E-state index contributed by atoms with van der Waals surface area (Å²) in [6.45, 7) is 2.88. The molecule has 1 aromatic heterocycles. The van der Waals surface area contributed by atoms with Crippen LogP contribution in [0, 0.1) is 12.8 Å². The van der Waals surface area contributed by atoms with Gasteiger partial charge in [-0.3, -0.25) is 4.79 Å². The summed E-state index contributed by atoms with van der Waals surface area (Å²) in [6.07, 6.45) is 1.96. The van der Waals surface area contributed by atoms with Crippen LogP contribution in [-0.2, 0) is 9.53 Å². The highest BCUT2D eigenvalue weighted by molar-refractivity contribution is 5.94. The summed E-state index contributed by atoms with van der Waals surface area (Å²) in [5.74, 6) is 0.949. The van der Waals surface area contributed by atoms with Gasteiger partial charge in [0, 0.05) is 24.3 Å². The molecule has 0 unspecified atom stereocenters. The molecule has 2 aromatic carbocycles. The van der Waals surface area contributed by atoms with Gasteiger partial charge in [-0.2, -0.15) is 4.98 Å². The standard InChI is InChI=1S/C22H24N4O3/c1-15-3-5-16(6-4-15)20-24-22(29-14-13-28-2)25-26(20)19-11-9-18(10-12-19)23-21(27)17-7-8-17/h3-6,9-12,17H,7-8,13-14H2,1-2H3,(H,23,27). The Morgan fingerprint density at radius 2 is 1.83 bits per heavy atom. The molecule has 0 saturated heterocycles. The average molecular weight is 392 g/mol. The predicted octanol–water partition coefficient (Wildman–Crippen LogP) is 3.62. The number of carbonyl (C=O) groups is 1. The first kappa shape index (κ1) is 19.1. The molecule has 1 aliphatic rings. The molecule has 1 N–H and O–H groups in total. The van der Waals surface area contributed by atoms with Gasteiger partial charge in [-0.15, -0.1) is 5.10 Å². The lowest BCUT2D eigenvalue weighted by Gasteiger charge is -2.08. The van der Waals surface area contributed by atoms with Crippen molar-refractivity contribution in [3.8, 4) is 23.1 Å². The van der Waals surface area contributed by atoms with Crippen molar-refractivity contribution in [3.63, 3.8) is 0 Å². The number of hydrogen-bond acceptors (Lipinski definition) is 5. The van der Waals surface area contributed by atoms with Gasteiger partial charge < -0.3 is 14.8 Å². The third kappa shape index (κ3) is 4.63. The molecule has 150 valence electrons. The number of methoxy groups -OCH3 is 1. The van der Waals surface area contributed by atoms with Gasteiger partial charge in [-0.25, -0.2) is 4.68 Å². The smallest absolute Gasteiger partial charge is 0.336 e. The quantitative estimate of drug-likeness (QED) is 0.593. The van der Waals surface area contributed by atoms with Crippen molar-refractivity contribution >= 4 is 11.6 Å². The predicted molar refractivity (Wildman–Crippen MR) is 110 cm³/mol. The van der Waals surface area contributed by atoms with Crippen molar-refractivity contribution in [2.24, 2.45) is 5.92 Å². The number of amides is 1. The zero-order chi connectivity index (χ0) is 20.2.